The normalized spacial score (nSPS) is 11.4. The maximum absolute atomic E-state index is 12.5. The molecule has 7 aromatic carbocycles. The summed E-state index contributed by atoms with van der Waals surface area (Å²) in [5.74, 6) is -8.40. The number of nitrogens with zero attached hydrogens (tertiary/aromatic N) is 1. The molecule has 8 rings (SSSR count). The molecule has 1 amide bonds. The number of benzene rings is 7. The zero-order valence-electron chi connectivity index (χ0n) is 86.8. The molecule has 0 spiro atoms. The van der Waals surface area contributed by atoms with Crippen LogP contribution in [0.3, 0.4) is 0 Å². The fourth-order valence-electron chi connectivity index (χ4n) is 12.2. The van der Waals surface area contributed by atoms with E-state index in [-0.39, 0.29) is 121 Å². The van der Waals surface area contributed by atoms with Gasteiger partial charge in [-0.2, -0.15) is 0 Å². The van der Waals surface area contributed by atoms with E-state index in [2.05, 4.69) is 68.2 Å². The van der Waals surface area contributed by atoms with Crippen molar-refractivity contribution in [1.29, 1.82) is 0 Å². The van der Waals surface area contributed by atoms with Crippen LogP contribution in [0.25, 0.3) is 0 Å². The van der Waals surface area contributed by atoms with Gasteiger partial charge in [-0.3, -0.25) is 72.4 Å². The molecule has 44 heteroatoms. The van der Waals surface area contributed by atoms with Gasteiger partial charge in [0.15, 0.2) is 5.78 Å². The molecule has 0 aliphatic heterocycles. The Morgan fingerprint density at radius 1 is 0.447 bits per heavy atom. The lowest BCUT2D eigenvalue weighted by Crippen LogP contribution is -2.34. The van der Waals surface area contributed by atoms with Gasteiger partial charge in [0.05, 0.1) is 27.7 Å². The van der Waals surface area contributed by atoms with Gasteiger partial charge in [0.25, 0.3) is 5.69 Å². The summed E-state index contributed by atoms with van der Waals surface area (Å²) in [5, 5.41) is 118. The molecule has 1 unspecified atom stereocenters. The lowest BCUT2D eigenvalue weighted by Gasteiger charge is -2.34. The Balaban J connectivity index is 0. The van der Waals surface area contributed by atoms with Gasteiger partial charge in [-0.25, -0.2) is 17.6 Å². The summed E-state index contributed by atoms with van der Waals surface area (Å²) in [5.41, 5.74) is 17.0. The Morgan fingerprint density at radius 3 is 1.09 bits per heavy atom. The van der Waals surface area contributed by atoms with Gasteiger partial charge in [0.2, 0.25) is 9.84 Å². The highest BCUT2D eigenvalue weighted by Crippen LogP contribution is 2.38. The molecule has 1 saturated carbocycles. The first-order valence-electron chi connectivity index (χ1n) is 48.6. The number of ether oxygens (including phenoxy) is 3. The lowest BCUT2D eigenvalue weighted by atomic mass is 9.72. The van der Waals surface area contributed by atoms with Crippen molar-refractivity contribution in [3.05, 3.63) is 216 Å². The molecule has 42 nitrogen and oxygen atoms in total. The number of carboxylic acids is 10. The molecule has 1 aliphatic carbocycles. The van der Waals surface area contributed by atoms with Crippen LogP contribution in [0.1, 0.15) is 232 Å². The van der Waals surface area contributed by atoms with Gasteiger partial charge in [-0.1, -0.05) is 62.6 Å². The number of esters is 2. The number of rotatable bonds is 53. The number of Topliss-reactive ketones (excluding diaryl/α,β-unsaturated/α-hetero) is 1. The number of carbonyl (C=O) groups excluding carboxylic acids is 4. The van der Waals surface area contributed by atoms with Gasteiger partial charge >= 0.3 is 77.7 Å². The second-order valence-corrected chi connectivity index (χ2v) is 37.3. The fourth-order valence-corrected chi connectivity index (χ4v) is 13.5. The van der Waals surface area contributed by atoms with E-state index in [9.17, 15) is 90.0 Å². The van der Waals surface area contributed by atoms with Crippen molar-refractivity contribution in [2.75, 3.05) is 97.3 Å². The van der Waals surface area contributed by atoms with Crippen LogP contribution >= 0.6 is 0 Å². The third-order valence-electron chi connectivity index (χ3n) is 19.8. The average molecular weight is 2130 g/mol. The van der Waals surface area contributed by atoms with E-state index in [1.807, 2.05) is 24.3 Å². The first-order valence-corrected chi connectivity index (χ1v) is 50.1. The number of anilines is 6. The number of ketones is 1. The van der Waals surface area contributed by atoms with Crippen molar-refractivity contribution in [3.63, 3.8) is 0 Å². The highest BCUT2D eigenvalue weighted by Gasteiger charge is 2.33. The summed E-state index contributed by atoms with van der Waals surface area (Å²) in [6.07, 6.45) is 13.8. The number of aryl methyl sites for hydroxylation is 1. The summed E-state index contributed by atoms with van der Waals surface area (Å²) < 4.78 is 52.1. The Kier molecular flexibility index (Phi) is 73.0. The largest absolute Gasteiger partial charge is 0.481 e. The number of nitro benzene ring substituents is 1. The number of nitrogens with two attached hydrogens (primary N) is 2. The number of alkyl carbamates (subject to hydrolysis) is 1. The first-order chi connectivity index (χ1) is 70.6. The number of nitro groups is 1. The highest BCUT2D eigenvalue weighted by molar-refractivity contribution is 7.91. The number of non-ortho nitro benzene ring substituents is 1. The number of hydrogen-bond acceptors (Lipinski definition) is 30. The van der Waals surface area contributed by atoms with Gasteiger partial charge in [0, 0.05) is 168 Å². The molecule has 830 valence electrons. The van der Waals surface area contributed by atoms with Crippen molar-refractivity contribution in [2.45, 2.75) is 250 Å². The quantitative estimate of drug-likeness (QED) is 0.00320. The summed E-state index contributed by atoms with van der Waals surface area (Å²) in [7, 11) is -3.50. The molecule has 1 fully saturated rings. The summed E-state index contributed by atoms with van der Waals surface area (Å²) in [6, 6.07) is 48.8. The number of nitrogens with one attached hydrogen (secondary N) is 8. The van der Waals surface area contributed by atoms with Gasteiger partial charge in [-0.15, -0.1) is 6.58 Å². The zero-order chi connectivity index (χ0) is 113. The minimum absolute atomic E-state index is 0.0380. The van der Waals surface area contributed by atoms with Gasteiger partial charge in [-0.05, 0) is 283 Å². The van der Waals surface area contributed by atoms with Crippen LogP contribution in [-0.2, 0) is 83.3 Å². The van der Waals surface area contributed by atoms with E-state index in [1.54, 1.807) is 163 Å². The number of carbonyl (C=O) groups is 14. The highest BCUT2D eigenvalue weighted by atomic mass is 32.2. The monoisotopic (exact) mass is 2130 g/mol. The van der Waals surface area contributed by atoms with Crippen molar-refractivity contribution in [1.82, 2.24) is 10.6 Å². The number of sulfone groups is 1. The van der Waals surface area contributed by atoms with Crippen molar-refractivity contribution in [2.24, 2.45) is 16.9 Å². The van der Waals surface area contributed by atoms with E-state index >= 15 is 0 Å². The zero-order valence-corrected chi connectivity index (χ0v) is 87.6. The maximum Gasteiger partial charge on any atom is 0.407 e. The maximum atomic E-state index is 12.5. The number of amides is 1. The molecular weight excluding hydrogens is 1970 g/mol. The van der Waals surface area contributed by atoms with E-state index in [0.717, 1.165) is 66.2 Å². The molecular formula is C106H152FN11O31S. The Morgan fingerprint density at radius 2 is 0.773 bits per heavy atom. The van der Waals surface area contributed by atoms with Crippen LogP contribution in [-0.4, -0.2) is 231 Å². The molecule has 150 heavy (non-hydrogen) atoms. The molecule has 0 saturated heterocycles. The molecule has 0 radical (unpaired) electrons. The molecule has 0 bridgehead atoms. The summed E-state index contributed by atoms with van der Waals surface area (Å²) >= 11 is 0. The predicted octanol–water partition coefficient (Wildman–Crippen LogP) is 17.2. The van der Waals surface area contributed by atoms with Crippen LogP contribution in [0, 0.1) is 21.3 Å². The second-order valence-electron chi connectivity index (χ2n) is 35.4. The van der Waals surface area contributed by atoms with Crippen LogP contribution < -0.4 is 58.7 Å². The van der Waals surface area contributed by atoms with E-state index in [0.29, 0.717) is 128 Å². The van der Waals surface area contributed by atoms with Crippen LogP contribution in [0.4, 0.5) is 49.0 Å². The summed E-state index contributed by atoms with van der Waals surface area (Å²) in [4.78, 5) is 157. The van der Waals surface area contributed by atoms with Gasteiger partial charge in [0.1, 0.15) is 22.8 Å². The molecule has 1 aliphatic rings. The molecule has 7 aromatic rings. The standard InChI is InChI=1S/C16H17NO4S.C12H15NO4.C12H15NO3.C12H17NO2.C10H12FNO2.C10H12N2O4.C10H19NO4.C9H17NO4.C9H17NO2.C6H11NO2/c18-16(19)7-4-12-17-13-8-10-15(11-9-13)22(20,21)14-5-2-1-3-6-14;1-9(14)17-11-6-4-10(5-7-11)13-8-2-3-12(15)16;1-9(14)10-4-6-11(7-5-10)13-8-2-3-12(15)16;1-2-10-5-7-11(8-6-10)13-9-3-4-12(14)15;11-8-3-5-9(6-4-8)12-7-1-2-10(13)14;13-10(14)2-1-7-11-8-3-5-9(6-4-8)12(15)16;1-10(2,3)15-9(14)7-11-6-4-5-8(12)13;1-9(2,3)14-8(13)10-6-4-5-7(11)12;10-7-9(6-8(11)12)4-2-1-3-5-9;1-2-5(7)3-4-6(8)9/h1-3,5-6,8-11,17H,4,7,12H2,(H,18,19);4-7,13H,2-3,8H2,1H3,(H,15,16);4-7,13H,2-3,8H2,1H3,(H,15,16);5-8,13H,2-4,9H2,1H3,(H,14,15);3-6,12H,1-2,7H2,(H,13,14);3-6,11H,1-2,7H2,(H,13,14);11H,4-7H2,1-3H3,(H,12,13);4-6H2,1-3H3,(H,10,13)(H,11,12);1-7,10H2,(H,11,12);2,5H,1,3-4,7H2,(H,8,9). The lowest BCUT2D eigenvalue weighted by molar-refractivity contribution is -0.384. The Bertz CT molecular complexity index is 5170. The van der Waals surface area contributed by atoms with Crippen LogP contribution in [0.2, 0.25) is 0 Å². The summed E-state index contributed by atoms with van der Waals surface area (Å²) in [6.45, 7) is 24.1. The van der Waals surface area contributed by atoms with E-state index in [1.165, 1.54) is 50.1 Å². The fraction of sp³-hybridized carbons (Fsp3) is 0.453. The minimum atomic E-state index is -3.50. The third-order valence-corrected chi connectivity index (χ3v) is 21.6. The van der Waals surface area contributed by atoms with Crippen molar-refractivity contribution in [3.8, 4) is 5.75 Å². The molecule has 1 atom stereocenters. The molecule has 0 aromatic heterocycles. The van der Waals surface area contributed by atoms with Crippen LogP contribution in [0.15, 0.2) is 198 Å². The topological polar surface area (TPSA) is 695 Å². The van der Waals surface area contributed by atoms with Crippen molar-refractivity contribution < 1.29 is 150 Å². The smallest absolute Gasteiger partial charge is 0.407 e. The number of aliphatic carboxylic acids is 10. The number of hydrogen-bond donors (Lipinski definition) is 20. The molecule has 22 N–H and O–H groups in total. The Labute approximate surface area is 875 Å². The SMILES string of the molecule is C=CC(N)CCC(=O)O.CC(=O)Oc1ccc(NCCCC(=O)O)cc1.CC(=O)c1ccc(NCCCC(=O)O)cc1.CC(C)(C)OC(=O)CNCCCC(=O)O.CC(C)(C)OC(=O)NCCCC(=O)O.CCc1ccc(NCCCC(=O)O)cc1.NCC1(CC(=O)O)CCCCC1.O=C(O)CCCNc1ccc(F)cc1.O=C(O)CCCNc1ccc(S(=O)(=O)c2ccccc2)cc1.O=C(O)CCCNc1ccc([N+](=O)[O-])cc1. The van der Waals surface area contributed by atoms with Gasteiger partial charge < -0.3 is 119 Å². The minimum Gasteiger partial charge on any atom is -0.481 e. The average Bonchev–Trinajstić information content (AvgIpc) is 0.804. The number of halogens is 1. The van der Waals surface area contributed by atoms with E-state index < -0.39 is 91.7 Å². The Hall–Kier alpha value is -15.2. The first kappa shape index (κ1) is 137. The third kappa shape index (κ3) is 79.1. The predicted molar refractivity (Wildman–Crippen MR) is 569 cm³/mol. The van der Waals surface area contributed by atoms with Crippen LogP contribution in [0.5, 0.6) is 5.75 Å². The van der Waals surface area contributed by atoms with Crippen molar-refractivity contribution >= 4 is 133 Å². The molecule has 0 heterocycles. The van der Waals surface area contributed by atoms with E-state index in [4.69, 9.17) is 76.7 Å². The second kappa shape index (κ2) is 80.0. The number of carboxylic acid groups (broad SMARTS) is 10.